The number of nitro groups is 1. The van der Waals surface area contributed by atoms with Gasteiger partial charge in [0, 0.05) is 29.3 Å². The fourth-order valence-electron chi connectivity index (χ4n) is 2.26. The van der Waals surface area contributed by atoms with Gasteiger partial charge in [0.1, 0.15) is 0 Å². The number of hydrogen-bond acceptors (Lipinski definition) is 4. The SMILES string of the molecule is Cc1cc([N+](=O)[O-])ccc1NC1CC(O)C1(C)C. The Hall–Kier alpha value is -1.62. The van der Waals surface area contributed by atoms with Crippen LogP contribution in [0.4, 0.5) is 11.4 Å². The number of aliphatic hydroxyl groups is 1. The molecule has 1 aromatic carbocycles. The van der Waals surface area contributed by atoms with Crippen LogP contribution in [0.5, 0.6) is 0 Å². The third-order valence-electron chi connectivity index (χ3n) is 3.97. The van der Waals surface area contributed by atoms with E-state index in [4.69, 9.17) is 0 Å². The van der Waals surface area contributed by atoms with E-state index >= 15 is 0 Å². The molecule has 0 bridgehead atoms. The normalized spacial score (nSPS) is 25.3. The van der Waals surface area contributed by atoms with Crippen molar-refractivity contribution < 1.29 is 10.0 Å². The van der Waals surface area contributed by atoms with Crippen molar-refractivity contribution in [3.8, 4) is 0 Å². The average Bonchev–Trinajstić information content (AvgIpc) is 2.30. The zero-order valence-electron chi connectivity index (χ0n) is 10.8. The molecule has 0 aliphatic heterocycles. The maximum Gasteiger partial charge on any atom is 0.269 e. The van der Waals surface area contributed by atoms with Crippen LogP contribution in [0.1, 0.15) is 25.8 Å². The van der Waals surface area contributed by atoms with Gasteiger partial charge in [-0.25, -0.2) is 0 Å². The lowest BCUT2D eigenvalue weighted by Gasteiger charge is -2.50. The topological polar surface area (TPSA) is 75.4 Å². The minimum absolute atomic E-state index is 0.103. The number of nitro benzene ring substituents is 1. The minimum atomic E-state index is -0.395. The molecule has 0 saturated heterocycles. The third kappa shape index (κ3) is 2.06. The van der Waals surface area contributed by atoms with E-state index in [2.05, 4.69) is 5.32 Å². The number of nitrogens with zero attached hydrogens (tertiary/aromatic N) is 1. The highest BCUT2D eigenvalue weighted by Gasteiger charge is 2.47. The summed E-state index contributed by atoms with van der Waals surface area (Å²) in [4.78, 5) is 10.3. The summed E-state index contributed by atoms with van der Waals surface area (Å²) < 4.78 is 0. The van der Waals surface area contributed by atoms with Crippen molar-refractivity contribution in [3.63, 3.8) is 0 Å². The number of benzene rings is 1. The number of rotatable bonds is 3. The van der Waals surface area contributed by atoms with Crippen LogP contribution in [0.2, 0.25) is 0 Å². The van der Waals surface area contributed by atoms with Gasteiger partial charge in [-0.2, -0.15) is 0 Å². The van der Waals surface area contributed by atoms with Crippen LogP contribution in [-0.4, -0.2) is 22.2 Å². The predicted molar refractivity (Wildman–Crippen MR) is 69.6 cm³/mol. The molecule has 0 amide bonds. The number of aliphatic hydroxyl groups excluding tert-OH is 1. The summed E-state index contributed by atoms with van der Waals surface area (Å²) in [6, 6.07) is 4.99. The number of aryl methyl sites for hydroxylation is 1. The van der Waals surface area contributed by atoms with E-state index in [0.717, 1.165) is 11.3 Å². The molecule has 0 heterocycles. The Morgan fingerprint density at radius 1 is 1.50 bits per heavy atom. The van der Waals surface area contributed by atoms with Crippen LogP contribution >= 0.6 is 0 Å². The van der Waals surface area contributed by atoms with Gasteiger partial charge in [-0.05, 0) is 25.0 Å². The molecule has 1 aliphatic rings. The molecule has 1 fully saturated rings. The number of non-ortho nitro benzene ring substituents is 1. The quantitative estimate of drug-likeness (QED) is 0.638. The maximum absolute atomic E-state index is 10.7. The minimum Gasteiger partial charge on any atom is -0.392 e. The third-order valence-corrected chi connectivity index (χ3v) is 3.97. The second-order valence-electron chi connectivity index (χ2n) is 5.53. The first-order chi connectivity index (χ1) is 8.32. The first-order valence-corrected chi connectivity index (χ1v) is 6.02. The molecule has 0 radical (unpaired) electrons. The largest absolute Gasteiger partial charge is 0.392 e. The summed E-state index contributed by atoms with van der Waals surface area (Å²) in [7, 11) is 0. The van der Waals surface area contributed by atoms with Crippen molar-refractivity contribution in [2.45, 2.75) is 39.3 Å². The Kier molecular flexibility index (Phi) is 3.02. The Bertz CT molecular complexity index is 485. The highest BCUT2D eigenvalue weighted by molar-refractivity contribution is 5.56. The van der Waals surface area contributed by atoms with E-state index in [1.54, 1.807) is 12.1 Å². The molecule has 2 N–H and O–H groups in total. The molecule has 18 heavy (non-hydrogen) atoms. The van der Waals surface area contributed by atoms with Gasteiger partial charge in [0.15, 0.2) is 0 Å². The molecule has 1 saturated carbocycles. The molecule has 1 aromatic rings. The van der Waals surface area contributed by atoms with Crippen molar-refractivity contribution in [2.75, 3.05) is 5.32 Å². The molecule has 2 rings (SSSR count). The molecule has 1 aliphatic carbocycles. The molecule has 5 heteroatoms. The van der Waals surface area contributed by atoms with E-state index in [1.165, 1.54) is 6.07 Å². The molecule has 0 aromatic heterocycles. The van der Waals surface area contributed by atoms with Gasteiger partial charge >= 0.3 is 0 Å². The van der Waals surface area contributed by atoms with Crippen LogP contribution in [-0.2, 0) is 0 Å². The average molecular weight is 250 g/mol. The monoisotopic (exact) mass is 250 g/mol. The summed E-state index contributed by atoms with van der Waals surface area (Å²) >= 11 is 0. The standard InChI is InChI=1S/C13H18N2O3/c1-8-6-9(15(17)18)4-5-10(8)14-11-7-12(16)13(11,2)3/h4-6,11-12,14,16H,7H2,1-3H3. The first kappa shape index (κ1) is 12.8. The summed E-state index contributed by atoms with van der Waals surface area (Å²) in [5.74, 6) is 0. The van der Waals surface area contributed by atoms with Crippen molar-refractivity contribution >= 4 is 11.4 Å². The van der Waals surface area contributed by atoms with Crippen LogP contribution in [0.3, 0.4) is 0 Å². The molecule has 2 atom stereocenters. The van der Waals surface area contributed by atoms with Crippen molar-refractivity contribution in [2.24, 2.45) is 5.41 Å². The summed E-state index contributed by atoms with van der Waals surface area (Å²) in [6.07, 6.45) is 0.428. The summed E-state index contributed by atoms with van der Waals surface area (Å²) in [5, 5.41) is 23.7. The van der Waals surface area contributed by atoms with E-state index in [1.807, 2.05) is 20.8 Å². The molecular weight excluding hydrogens is 232 g/mol. The van der Waals surface area contributed by atoms with Gasteiger partial charge in [0.05, 0.1) is 11.0 Å². The van der Waals surface area contributed by atoms with Crippen LogP contribution in [0, 0.1) is 22.5 Å². The fourth-order valence-corrected chi connectivity index (χ4v) is 2.26. The highest BCUT2D eigenvalue weighted by atomic mass is 16.6. The molecule has 5 nitrogen and oxygen atoms in total. The smallest absolute Gasteiger partial charge is 0.269 e. The zero-order valence-corrected chi connectivity index (χ0v) is 10.8. The molecular formula is C13H18N2O3. The van der Waals surface area contributed by atoms with Crippen molar-refractivity contribution in [3.05, 3.63) is 33.9 Å². The van der Waals surface area contributed by atoms with Crippen LogP contribution in [0.15, 0.2) is 18.2 Å². The Labute approximate surface area is 106 Å². The van der Waals surface area contributed by atoms with E-state index < -0.39 is 4.92 Å². The Balaban J connectivity index is 2.14. The second kappa shape index (κ2) is 4.24. The summed E-state index contributed by atoms with van der Waals surface area (Å²) in [5.41, 5.74) is 1.69. The lowest BCUT2D eigenvalue weighted by molar-refractivity contribution is -0.384. The van der Waals surface area contributed by atoms with Crippen LogP contribution in [0.25, 0.3) is 0 Å². The number of anilines is 1. The van der Waals surface area contributed by atoms with E-state index in [0.29, 0.717) is 6.42 Å². The van der Waals surface area contributed by atoms with Crippen LogP contribution < -0.4 is 5.32 Å². The second-order valence-corrected chi connectivity index (χ2v) is 5.53. The van der Waals surface area contributed by atoms with Crippen molar-refractivity contribution in [1.82, 2.24) is 0 Å². The van der Waals surface area contributed by atoms with E-state index in [-0.39, 0.29) is 23.2 Å². The predicted octanol–water partition coefficient (Wildman–Crippen LogP) is 2.47. The van der Waals surface area contributed by atoms with Gasteiger partial charge in [-0.15, -0.1) is 0 Å². The Morgan fingerprint density at radius 2 is 2.17 bits per heavy atom. The molecule has 2 unspecified atom stereocenters. The lowest BCUT2D eigenvalue weighted by atomic mass is 9.64. The van der Waals surface area contributed by atoms with Gasteiger partial charge in [-0.3, -0.25) is 10.1 Å². The van der Waals surface area contributed by atoms with E-state index in [9.17, 15) is 15.2 Å². The maximum atomic E-state index is 10.7. The van der Waals surface area contributed by atoms with Gasteiger partial charge in [0.2, 0.25) is 0 Å². The fraction of sp³-hybridized carbons (Fsp3) is 0.538. The lowest BCUT2D eigenvalue weighted by Crippen LogP contribution is -2.56. The van der Waals surface area contributed by atoms with Gasteiger partial charge in [-0.1, -0.05) is 13.8 Å². The first-order valence-electron chi connectivity index (χ1n) is 6.02. The van der Waals surface area contributed by atoms with Gasteiger partial charge in [0.25, 0.3) is 5.69 Å². The zero-order chi connectivity index (χ0) is 13.5. The Morgan fingerprint density at radius 3 is 2.61 bits per heavy atom. The number of nitrogens with one attached hydrogen (secondary N) is 1. The number of hydrogen-bond donors (Lipinski definition) is 2. The highest BCUT2D eigenvalue weighted by Crippen LogP contribution is 2.42. The summed E-state index contributed by atoms with van der Waals surface area (Å²) in [6.45, 7) is 5.87. The van der Waals surface area contributed by atoms with Crippen molar-refractivity contribution in [1.29, 1.82) is 0 Å². The molecule has 98 valence electrons. The molecule has 0 spiro atoms. The van der Waals surface area contributed by atoms with Gasteiger partial charge < -0.3 is 10.4 Å².